The van der Waals surface area contributed by atoms with Crippen LogP contribution in [0.5, 0.6) is 11.5 Å². The summed E-state index contributed by atoms with van der Waals surface area (Å²) in [6.45, 7) is 1.24. The molecule has 16 heteroatoms. The number of hydrogen-bond acceptors (Lipinski definition) is 10. The molecule has 2 aliphatic heterocycles. The number of nitrogens with one attached hydrogen (secondary N) is 3. The molecule has 0 bridgehead atoms. The fourth-order valence-corrected chi connectivity index (χ4v) is 9.34. The van der Waals surface area contributed by atoms with E-state index in [0.717, 1.165) is 12.8 Å². The van der Waals surface area contributed by atoms with Crippen molar-refractivity contribution in [1.29, 1.82) is 0 Å². The van der Waals surface area contributed by atoms with Gasteiger partial charge in [-0.1, -0.05) is 37.1 Å². The number of allylic oxidation sites excluding steroid dienone is 1. The summed E-state index contributed by atoms with van der Waals surface area (Å²) in [5.41, 5.74) is 0.0514. The number of amides is 4. The zero-order valence-corrected chi connectivity index (χ0v) is 32.4. The summed E-state index contributed by atoms with van der Waals surface area (Å²) in [7, 11) is -2.39. The van der Waals surface area contributed by atoms with Gasteiger partial charge in [0.05, 0.1) is 30.0 Å². The van der Waals surface area contributed by atoms with E-state index >= 15 is 4.39 Å². The lowest BCUT2D eigenvalue weighted by Crippen LogP contribution is -2.58. The van der Waals surface area contributed by atoms with Gasteiger partial charge in [-0.3, -0.25) is 23.9 Å². The lowest BCUT2D eigenvalue weighted by molar-refractivity contribution is -0.142. The minimum atomic E-state index is -3.92. The molecule has 0 unspecified atom stereocenters. The van der Waals surface area contributed by atoms with Crippen molar-refractivity contribution in [1.82, 2.24) is 25.2 Å². The molecule has 2 aromatic heterocycles. The maximum Gasteiger partial charge on any atom is 0.259 e. The second-order valence-electron chi connectivity index (χ2n) is 15.4. The predicted octanol–water partition coefficient (Wildman–Crippen LogP) is 4.65. The van der Waals surface area contributed by atoms with Gasteiger partial charge < -0.3 is 29.4 Å². The van der Waals surface area contributed by atoms with Crippen LogP contribution in [0.15, 0.2) is 65.1 Å². The highest BCUT2D eigenvalue weighted by Gasteiger charge is 2.62. The van der Waals surface area contributed by atoms with Gasteiger partial charge in [-0.25, -0.2) is 17.8 Å². The molecule has 4 aliphatic rings. The zero-order chi connectivity index (χ0) is 40.1. The van der Waals surface area contributed by atoms with Crippen molar-refractivity contribution in [3.63, 3.8) is 0 Å². The van der Waals surface area contributed by atoms with Gasteiger partial charge in [0.25, 0.3) is 5.91 Å². The standard InChI is InChI=1S/C41H44FN5O9S/c1-23(48)43-31-13-7-5-3-4-6-10-24-21-41(24,40(51)46-57(52,53)27-15-16-27)45-38(49)33-19-26(22-47(33)39(31)50)55-35-20-32(28-11-8-9-12-30(28)42)44-36-29-18-25(54-2)14-17-34(29)56-37(35)36/h6,8-12,14,17-18,20,24,26-27,31,33H,3-5,7,13,15-16,19,21-22H2,1-2H3,(H,43,48)(H,45,49)(H,46,51)/b10-6-/t24-,26+,31-,33-,41+/m0/s1. The molecule has 0 radical (unpaired) electrons. The molecule has 4 heterocycles. The van der Waals surface area contributed by atoms with E-state index in [9.17, 15) is 27.6 Å². The lowest BCUT2D eigenvalue weighted by atomic mass is 10.0. The van der Waals surface area contributed by atoms with Crippen molar-refractivity contribution in [3.8, 4) is 22.8 Å². The van der Waals surface area contributed by atoms with E-state index in [2.05, 4.69) is 15.4 Å². The van der Waals surface area contributed by atoms with Crippen LogP contribution in [0.2, 0.25) is 0 Å². The summed E-state index contributed by atoms with van der Waals surface area (Å²) in [5, 5.41) is 5.57. The number of benzene rings is 2. The van der Waals surface area contributed by atoms with Crippen molar-refractivity contribution < 1.29 is 45.9 Å². The SMILES string of the molecule is COc1ccc2oc3c(O[C@@H]4C[C@H]5C(=O)N[C@]6(C(=O)NS(=O)(=O)C7CC7)C[C@@H]6/C=C\CCCCC[C@H](NC(C)=O)C(=O)N5C4)cc(-c4ccccc4F)nc3c2c1. The molecular weight excluding hydrogens is 758 g/mol. The number of halogens is 1. The van der Waals surface area contributed by atoms with Crippen LogP contribution in [-0.4, -0.2) is 84.6 Å². The van der Waals surface area contributed by atoms with Gasteiger partial charge in [-0.05, 0) is 68.9 Å². The van der Waals surface area contributed by atoms with Gasteiger partial charge in [0.2, 0.25) is 27.7 Å². The largest absolute Gasteiger partial charge is 0.497 e. The van der Waals surface area contributed by atoms with Gasteiger partial charge >= 0.3 is 0 Å². The Morgan fingerprint density at radius 2 is 1.88 bits per heavy atom. The van der Waals surface area contributed by atoms with E-state index < -0.39 is 74.4 Å². The van der Waals surface area contributed by atoms with E-state index in [1.807, 2.05) is 12.2 Å². The molecule has 3 N–H and O–H groups in total. The van der Waals surface area contributed by atoms with Crippen molar-refractivity contribution in [2.45, 2.75) is 93.7 Å². The quantitative estimate of drug-likeness (QED) is 0.212. The fraction of sp³-hybridized carbons (Fsp3) is 0.439. The molecule has 2 aliphatic carbocycles. The van der Waals surface area contributed by atoms with E-state index in [0.29, 0.717) is 54.3 Å². The van der Waals surface area contributed by atoms with Crippen LogP contribution >= 0.6 is 0 Å². The molecule has 4 aromatic rings. The zero-order valence-electron chi connectivity index (χ0n) is 31.6. The molecule has 8 rings (SSSR count). The van der Waals surface area contributed by atoms with Crippen LogP contribution in [0, 0.1) is 11.7 Å². The molecule has 2 saturated carbocycles. The smallest absolute Gasteiger partial charge is 0.259 e. The monoisotopic (exact) mass is 801 g/mol. The Morgan fingerprint density at radius 1 is 1.07 bits per heavy atom. The highest BCUT2D eigenvalue weighted by atomic mass is 32.2. The normalized spacial score (nSPS) is 26.1. The van der Waals surface area contributed by atoms with Crippen molar-refractivity contribution >= 4 is 55.7 Å². The fourth-order valence-electron chi connectivity index (χ4n) is 7.98. The van der Waals surface area contributed by atoms with Crippen LogP contribution < -0.4 is 24.8 Å². The number of aromatic nitrogens is 1. The third-order valence-electron chi connectivity index (χ3n) is 11.3. The van der Waals surface area contributed by atoms with Gasteiger partial charge in [-0.15, -0.1) is 0 Å². The van der Waals surface area contributed by atoms with Crippen LogP contribution in [-0.2, 0) is 29.2 Å². The van der Waals surface area contributed by atoms with Crippen LogP contribution in [0.1, 0.15) is 64.7 Å². The molecule has 4 amide bonds. The predicted molar refractivity (Wildman–Crippen MR) is 207 cm³/mol. The number of carbonyl (C=O) groups is 4. The summed E-state index contributed by atoms with van der Waals surface area (Å²) in [4.78, 5) is 61.1. The number of fused-ring (bicyclic) bond motifs is 5. The summed E-state index contributed by atoms with van der Waals surface area (Å²) in [5.74, 6) is -2.60. The minimum Gasteiger partial charge on any atom is -0.497 e. The highest BCUT2D eigenvalue weighted by Crippen LogP contribution is 2.46. The molecule has 57 heavy (non-hydrogen) atoms. The van der Waals surface area contributed by atoms with Crippen LogP contribution in [0.25, 0.3) is 33.3 Å². The average Bonchev–Trinajstić information content (AvgIpc) is 4.08. The third-order valence-corrected chi connectivity index (χ3v) is 13.1. The Labute approximate surface area is 328 Å². The van der Waals surface area contributed by atoms with Crippen LogP contribution in [0.3, 0.4) is 0 Å². The van der Waals surface area contributed by atoms with Gasteiger partial charge in [0, 0.05) is 30.9 Å². The number of rotatable bonds is 8. The molecule has 3 fully saturated rings. The molecule has 1 saturated heterocycles. The first-order chi connectivity index (χ1) is 27.4. The number of methoxy groups -OCH3 is 1. The van der Waals surface area contributed by atoms with Crippen molar-refractivity contribution in [2.75, 3.05) is 13.7 Å². The van der Waals surface area contributed by atoms with Crippen molar-refractivity contribution in [2.24, 2.45) is 5.92 Å². The first-order valence-electron chi connectivity index (χ1n) is 19.3. The molecule has 14 nitrogen and oxygen atoms in total. The van der Waals surface area contributed by atoms with Gasteiger partial charge in [0.1, 0.15) is 46.4 Å². The number of sulfonamides is 1. The molecule has 2 aromatic carbocycles. The Kier molecular flexibility index (Phi) is 10.2. The Morgan fingerprint density at radius 3 is 2.63 bits per heavy atom. The maximum atomic E-state index is 15.2. The Hall–Kier alpha value is -5.51. The first-order valence-corrected chi connectivity index (χ1v) is 20.9. The Balaban J connectivity index is 1.16. The number of nitrogens with zero attached hydrogens (tertiary/aromatic N) is 2. The third kappa shape index (κ3) is 7.66. The second kappa shape index (κ2) is 15.1. The molecule has 0 spiro atoms. The van der Waals surface area contributed by atoms with Crippen LogP contribution in [0.4, 0.5) is 4.39 Å². The summed E-state index contributed by atoms with van der Waals surface area (Å²) in [6, 6.07) is 10.8. The topological polar surface area (TPSA) is 186 Å². The van der Waals surface area contributed by atoms with E-state index in [1.54, 1.807) is 42.5 Å². The molecule has 5 atom stereocenters. The number of furan rings is 1. The number of carbonyl (C=O) groups excluding carboxylic acids is 4. The number of ether oxygens (including phenoxy) is 2. The van der Waals surface area contributed by atoms with Crippen molar-refractivity contribution in [3.05, 3.63) is 66.5 Å². The van der Waals surface area contributed by atoms with E-state index in [-0.39, 0.29) is 42.0 Å². The van der Waals surface area contributed by atoms with Gasteiger partial charge in [-0.2, -0.15) is 0 Å². The summed E-state index contributed by atoms with van der Waals surface area (Å²) in [6.07, 6.45) is 7.23. The number of hydrogen-bond donors (Lipinski definition) is 3. The summed E-state index contributed by atoms with van der Waals surface area (Å²) >= 11 is 0. The highest BCUT2D eigenvalue weighted by molar-refractivity contribution is 7.91. The average molecular weight is 802 g/mol. The van der Waals surface area contributed by atoms with Gasteiger partial charge in [0.15, 0.2) is 11.3 Å². The Bertz CT molecular complexity index is 2410. The minimum absolute atomic E-state index is 0.0319. The molecular formula is C41H44FN5O9S. The van der Waals surface area contributed by atoms with E-state index in [1.165, 1.54) is 25.0 Å². The van der Waals surface area contributed by atoms with E-state index in [4.69, 9.17) is 18.9 Å². The maximum absolute atomic E-state index is 15.2. The first kappa shape index (κ1) is 38.4. The lowest BCUT2D eigenvalue weighted by Gasteiger charge is -2.29. The number of pyridine rings is 1. The second-order valence-corrected chi connectivity index (χ2v) is 17.3. The summed E-state index contributed by atoms with van der Waals surface area (Å²) < 4.78 is 61.5. The molecule has 300 valence electrons.